The van der Waals surface area contributed by atoms with Gasteiger partial charge in [-0.05, 0) is 26.3 Å². The first-order valence-corrected chi connectivity index (χ1v) is 7.97. The van der Waals surface area contributed by atoms with E-state index in [1.165, 1.54) is 6.92 Å². The SMILES string of the molecule is Cc1c(Cl)c(C(F)(F)F)nn1CC(=O)N1CCN2CCCC2C1. The van der Waals surface area contributed by atoms with Crippen LogP contribution in [0.3, 0.4) is 0 Å². The lowest BCUT2D eigenvalue weighted by atomic mass is 10.1. The van der Waals surface area contributed by atoms with Crippen molar-refractivity contribution in [2.24, 2.45) is 0 Å². The third-order valence-electron chi connectivity index (χ3n) is 4.63. The zero-order valence-electron chi connectivity index (χ0n) is 12.7. The van der Waals surface area contributed by atoms with Gasteiger partial charge in [-0.15, -0.1) is 0 Å². The molecule has 1 unspecified atom stereocenters. The predicted molar refractivity (Wildman–Crippen MR) is 78.2 cm³/mol. The first kappa shape index (κ1) is 16.6. The quantitative estimate of drug-likeness (QED) is 0.821. The Balaban J connectivity index is 1.71. The maximum absolute atomic E-state index is 12.8. The van der Waals surface area contributed by atoms with Gasteiger partial charge in [0.15, 0.2) is 5.69 Å². The Hall–Kier alpha value is -1.28. The lowest BCUT2D eigenvalue weighted by Crippen LogP contribution is -2.52. The molecular formula is C14H18ClF3N4O. The fourth-order valence-corrected chi connectivity index (χ4v) is 3.55. The van der Waals surface area contributed by atoms with Crippen LogP contribution in [-0.2, 0) is 17.5 Å². The molecule has 1 aromatic heterocycles. The highest BCUT2D eigenvalue weighted by atomic mass is 35.5. The Morgan fingerprint density at radius 1 is 1.35 bits per heavy atom. The van der Waals surface area contributed by atoms with Gasteiger partial charge in [0.2, 0.25) is 5.91 Å². The Morgan fingerprint density at radius 3 is 2.74 bits per heavy atom. The highest BCUT2D eigenvalue weighted by Crippen LogP contribution is 2.35. The van der Waals surface area contributed by atoms with Crippen LogP contribution in [0.4, 0.5) is 13.2 Å². The molecule has 0 N–H and O–H groups in total. The molecular weight excluding hydrogens is 333 g/mol. The first-order chi connectivity index (χ1) is 10.8. The van der Waals surface area contributed by atoms with Gasteiger partial charge in [0, 0.05) is 25.7 Å². The van der Waals surface area contributed by atoms with E-state index in [1.54, 1.807) is 4.90 Å². The maximum atomic E-state index is 12.8. The van der Waals surface area contributed by atoms with Crippen molar-refractivity contribution in [3.63, 3.8) is 0 Å². The molecule has 0 bridgehead atoms. The molecule has 1 amide bonds. The van der Waals surface area contributed by atoms with Crippen molar-refractivity contribution in [2.45, 2.75) is 38.5 Å². The molecule has 0 radical (unpaired) electrons. The summed E-state index contributed by atoms with van der Waals surface area (Å²) in [4.78, 5) is 16.5. The van der Waals surface area contributed by atoms with E-state index in [4.69, 9.17) is 11.6 Å². The minimum absolute atomic E-state index is 0.159. The number of nitrogens with zero attached hydrogens (tertiary/aromatic N) is 4. The van der Waals surface area contributed by atoms with Crippen molar-refractivity contribution in [3.05, 3.63) is 16.4 Å². The predicted octanol–water partition coefficient (Wildman–Crippen LogP) is 2.17. The topological polar surface area (TPSA) is 41.4 Å². The molecule has 23 heavy (non-hydrogen) atoms. The second-order valence-electron chi connectivity index (χ2n) is 6.08. The lowest BCUT2D eigenvalue weighted by Gasteiger charge is -2.37. The normalized spacial score (nSPS) is 22.5. The highest BCUT2D eigenvalue weighted by molar-refractivity contribution is 6.32. The van der Waals surface area contributed by atoms with Gasteiger partial charge in [0.05, 0.1) is 10.7 Å². The number of carbonyl (C=O) groups is 1. The number of halogens is 4. The summed E-state index contributed by atoms with van der Waals surface area (Å²) in [7, 11) is 0. The monoisotopic (exact) mass is 350 g/mol. The average molecular weight is 351 g/mol. The number of amides is 1. The Kier molecular flexibility index (Phi) is 4.31. The summed E-state index contributed by atoms with van der Waals surface area (Å²) in [5, 5.41) is 3.04. The van der Waals surface area contributed by atoms with Crippen LogP contribution >= 0.6 is 11.6 Å². The molecule has 3 heterocycles. The number of piperazine rings is 1. The number of aromatic nitrogens is 2. The molecule has 0 aromatic carbocycles. The average Bonchev–Trinajstić information content (AvgIpc) is 3.05. The van der Waals surface area contributed by atoms with Gasteiger partial charge < -0.3 is 4.90 Å². The molecule has 2 aliphatic heterocycles. The molecule has 2 fully saturated rings. The van der Waals surface area contributed by atoms with Crippen molar-refractivity contribution in [3.8, 4) is 0 Å². The fraction of sp³-hybridized carbons (Fsp3) is 0.714. The Morgan fingerprint density at radius 2 is 2.09 bits per heavy atom. The standard InChI is InChI=1S/C14H18ClF3N4O/c1-9-12(15)13(14(16,17)18)19-22(9)8-11(23)21-6-5-20-4-2-3-10(20)7-21/h10H,2-8H2,1H3. The van der Waals surface area contributed by atoms with Gasteiger partial charge in [-0.25, -0.2) is 0 Å². The van der Waals surface area contributed by atoms with Crippen LogP contribution in [0.25, 0.3) is 0 Å². The molecule has 9 heteroatoms. The summed E-state index contributed by atoms with van der Waals surface area (Å²) >= 11 is 5.71. The second kappa shape index (κ2) is 5.98. The third-order valence-corrected chi connectivity index (χ3v) is 5.08. The number of fused-ring (bicyclic) bond motifs is 1. The maximum Gasteiger partial charge on any atom is 0.436 e. The van der Waals surface area contributed by atoms with Crippen LogP contribution in [0.2, 0.25) is 5.02 Å². The molecule has 0 spiro atoms. The van der Waals surface area contributed by atoms with Crippen LogP contribution in [-0.4, -0.2) is 57.7 Å². The molecule has 1 atom stereocenters. The van der Waals surface area contributed by atoms with E-state index >= 15 is 0 Å². The second-order valence-corrected chi connectivity index (χ2v) is 6.45. The minimum atomic E-state index is -4.62. The summed E-state index contributed by atoms with van der Waals surface area (Å²) < 4.78 is 39.5. The van der Waals surface area contributed by atoms with Crippen molar-refractivity contribution in [1.29, 1.82) is 0 Å². The molecule has 1 aromatic rings. The number of rotatable bonds is 2. The lowest BCUT2D eigenvalue weighted by molar-refractivity contribution is -0.142. The van der Waals surface area contributed by atoms with Crippen LogP contribution < -0.4 is 0 Å². The zero-order chi connectivity index (χ0) is 16.8. The van der Waals surface area contributed by atoms with Crippen LogP contribution in [0.15, 0.2) is 0 Å². The van der Waals surface area contributed by atoms with Gasteiger partial charge in [-0.2, -0.15) is 18.3 Å². The summed E-state index contributed by atoms with van der Waals surface area (Å²) in [5.74, 6) is -0.215. The third kappa shape index (κ3) is 3.19. The van der Waals surface area contributed by atoms with E-state index in [1.807, 2.05) is 0 Å². The summed E-state index contributed by atoms with van der Waals surface area (Å²) in [5.41, 5.74) is -0.975. The molecule has 2 aliphatic rings. The fourth-order valence-electron chi connectivity index (χ4n) is 3.31. The van der Waals surface area contributed by atoms with Gasteiger partial charge in [0.1, 0.15) is 6.54 Å². The summed E-state index contributed by atoms with van der Waals surface area (Å²) in [6.45, 7) is 4.36. The summed E-state index contributed by atoms with van der Waals surface area (Å²) in [6.07, 6.45) is -2.42. The molecule has 3 rings (SSSR count). The summed E-state index contributed by atoms with van der Waals surface area (Å²) in [6, 6.07) is 0.376. The van der Waals surface area contributed by atoms with Crippen molar-refractivity contribution in [1.82, 2.24) is 19.6 Å². The van der Waals surface area contributed by atoms with Crippen molar-refractivity contribution >= 4 is 17.5 Å². The highest BCUT2D eigenvalue weighted by Gasteiger charge is 2.39. The largest absolute Gasteiger partial charge is 0.436 e. The van der Waals surface area contributed by atoms with E-state index in [0.29, 0.717) is 19.1 Å². The van der Waals surface area contributed by atoms with Gasteiger partial charge in [-0.3, -0.25) is 14.4 Å². The smallest absolute Gasteiger partial charge is 0.338 e. The van der Waals surface area contributed by atoms with Gasteiger partial charge in [-0.1, -0.05) is 11.6 Å². The number of hydrogen-bond acceptors (Lipinski definition) is 3. The molecule has 0 saturated carbocycles. The molecule has 128 valence electrons. The molecule has 5 nitrogen and oxygen atoms in total. The van der Waals surface area contributed by atoms with Gasteiger partial charge in [0.25, 0.3) is 0 Å². The van der Waals surface area contributed by atoms with Gasteiger partial charge >= 0.3 is 6.18 Å². The number of alkyl halides is 3. The van der Waals surface area contributed by atoms with E-state index in [0.717, 1.165) is 30.6 Å². The van der Waals surface area contributed by atoms with Crippen LogP contribution in [0, 0.1) is 6.92 Å². The van der Waals surface area contributed by atoms with E-state index in [-0.39, 0.29) is 18.1 Å². The van der Waals surface area contributed by atoms with Crippen LogP contribution in [0.5, 0.6) is 0 Å². The van der Waals surface area contributed by atoms with Crippen molar-refractivity contribution < 1.29 is 18.0 Å². The number of hydrogen-bond donors (Lipinski definition) is 0. The van der Waals surface area contributed by atoms with Crippen molar-refractivity contribution in [2.75, 3.05) is 26.2 Å². The molecule has 0 aliphatic carbocycles. The van der Waals surface area contributed by atoms with E-state index in [9.17, 15) is 18.0 Å². The first-order valence-electron chi connectivity index (χ1n) is 7.59. The Labute approximate surface area is 137 Å². The number of carbonyl (C=O) groups excluding carboxylic acids is 1. The minimum Gasteiger partial charge on any atom is -0.338 e. The van der Waals surface area contributed by atoms with Crippen LogP contribution in [0.1, 0.15) is 24.2 Å². The Bertz CT molecular complexity index is 616. The zero-order valence-corrected chi connectivity index (χ0v) is 13.5. The van der Waals surface area contributed by atoms with E-state index < -0.39 is 16.9 Å². The molecule has 2 saturated heterocycles. The van der Waals surface area contributed by atoms with E-state index in [2.05, 4.69) is 10.00 Å².